The Hall–Kier alpha value is -5.62. The molecule has 12 nitrogen and oxygen atoms in total. The van der Waals surface area contributed by atoms with E-state index in [0.29, 0.717) is 28.4 Å². The van der Waals surface area contributed by atoms with Gasteiger partial charge in [0, 0.05) is 29.7 Å². The number of hydrogen-bond acceptors (Lipinski definition) is 10. The first kappa shape index (κ1) is 28.2. The quantitative estimate of drug-likeness (QED) is 0.238. The van der Waals surface area contributed by atoms with Crippen LogP contribution in [0, 0.1) is 6.92 Å². The standard InChI is InChI=1S/C33H31N9O3/c1-22-4-2-3-5-29(22)45-30-18-23-19-36-33(38-24-6-8-27(9-7-24)44-28-12-16-35-17-13-28)39-31(23)41(32(30)43)21-26-20-37-40-42(26)25-10-14-34-15-11-25/h2-11,14-15,18-20,28,35H,12-13,16-17,21H2,1H3,(H,36,38,39). The summed E-state index contributed by atoms with van der Waals surface area (Å²) in [6.07, 6.45) is 8.86. The Morgan fingerprint density at radius 2 is 1.78 bits per heavy atom. The van der Waals surface area contributed by atoms with Gasteiger partial charge >= 0.3 is 0 Å². The molecule has 226 valence electrons. The second-order valence-electron chi connectivity index (χ2n) is 10.8. The van der Waals surface area contributed by atoms with E-state index in [4.69, 9.17) is 14.5 Å². The van der Waals surface area contributed by atoms with Crippen molar-refractivity contribution in [1.29, 1.82) is 0 Å². The summed E-state index contributed by atoms with van der Waals surface area (Å²) in [7, 11) is 0. The summed E-state index contributed by atoms with van der Waals surface area (Å²) >= 11 is 0. The zero-order valence-corrected chi connectivity index (χ0v) is 24.6. The van der Waals surface area contributed by atoms with Crippen molar-refractivity contribution in [3.8, 4) is 22.9 Å². The lowest BCUT2D eigenvalue weighted by Gasteiger charge is -2.23. The van der Waals surface area contributed by atoms with E-state index in [9.17, 15) is 4.79 Å². The van der Waals surface area contributed by atoms with Gasteiger partial charge in [-0.2, -0.15) is 4.98 Å². The van der Waals surface area contributed by atoms with E-state index in [-0.39, 0.29) is 24.0 Å². The van der Waals surface area contributed by atoms with Crippen LogP contribution in [0.1, 0.15) is 24.1 Å². The first-order valence-corrected chi connectivity index (χ1v) is 14.8. The topological polar surface area (TPSA) is 134 Å². The molecule has 0 radical (unpaired) electrons. The van der Waals surface area contributed by atoms with Crippen LogP contribution in [0.3, 0.4) is 0 Å². The van der Waals surface area contributed by atoms with Crippen LogP contribution in [-0.2, 0) is 6.54 Å². The monoisotopic (exact) mass is 601 g/mol. The average molecular weight is 602 g/mol. The highest BCUT2D eigenvalue weighted by Crippen LogP contribution is 2.26. The number of anilines is 2. The van der Waals surface area contributed by atoms with Gasteiger partial charge in [-0.3, -0.25) is 14.3 Å². The van der Waals surface area contributed by atoms with E-state index in [1.54, 1.807) is 40.1 Å². The smallest absolute Gasteiger partial charge is 0.295 e. The molecule has 0 unspecified atom stereocenters. The maximum Gasteiger partial charge on any atom is 0.295 e. The van der Waals surface area contributed by atoms with Crippen molar-refractivity contribution in [3.05, 3.63) is 113 Å². The number of para-hydroxylation sites is 1. The van der Waals surface area contributed by atoms with Crippen LogP contribution in [0.4, 0.5) is 11.6 Å². The Bertz CT molecular complexity index is 1990. The molecule has 12 heteroatoms. The van der Waals surface area contributed by atoms with Crippen LogP contribution in [0.15, 0.2) is 96.3 Å². The molecule has 0 saturated carbocycles. The molecular weight excluding hydrogens is 570 g/mol. The second-order valence-corrected chi connectivity index (χ2v) is 10.8. The highest BCUT2D eigenvalue weighted by atomic mass is 16.5. The first-order chi connectivity index (χ1) is 22.1. The lowest BCUT2D eigenvalue weighted by molar-refractivity contribution is 0.162. The van der Waals surface area contributed by atoms with Gasteiger partial charge in [0.25, 0.3) is 5.56 Å². The first-order valence-electron chi connectivity index (χ1n) is 14.8. The number of benzene rings is 2. The number of ether oxygens (including phenoxy) is 2. The van der Waals surface area contributed by atoms with E-state index >= 15 is 0 Å². The van der Waals surface area contributed by atoms with Crippen molar-refractivity contribution in [2.45, 2.75) is 32.4 Å². The maximum atomic E-state index is 14.0. The molecule has 0 aliphatic carbocycles. The highest BCUT2D eigenvalue weighted by molar-refractivity contribution is 5.77. The second kappa shape index (κ2) is 12.5. The SMILES string of the molecule is Cc1ccccc1Oc1cc2cnc(Nc3ccc(OC4CCNCC4)cc3)nc2n(Cc2cnnn2-c2ccncc2)c1=O. The maximum absolute atomic E-state index is 14.0. The van der Waals surface area contributed by atoms with Gasteiger partial charge in [0.15, 0.2) is 5.75 Å². The summed E-state index contributed by atoms with van der Waals surface area (Å²) in [6.45, 7) is 4.00. The molecule has 1 aliphatic heterocycles. The van der Waals surface area contributed by atoms with Crippen molar-refractivity contribution >= 4 is 22.7 Å². The fourth-order valence-corrected chi connectivity index (χ4v) is 5.28. The minimum Gasteiger partial charge on any atom is -0.490 e. The third kappa shape index (κ3) is 6.22. The number of aromatic nitrogens is 7. The molecule has 45 heavy (non-hydrogen) atoms. The number of nitrogens with one attached hydrogen (secondary N) is 2. The third-order valence-corrected chi connectivity index (χ3v) is 7.65. The molecule has 6 aromatic rings. The molecule has 0 bridgehead atoms. The summed E-state index contributed by atoms with van der Waals surface area (Å²) in [5, 5.41) is 15.6. The molecule has 1 aliphatic rings. The molecule has 2 N–H and O–H groups in total. The summed E-state index contributed by atoms with van der Waals surface area (Å²) in [4.78, 5) is 27.4. The summed E-state index contributed by atoms with van der Waals surface area (Å²) in [5.41, 5.74) is 3.23. The molecular formula is C33H31N9O3. The van der Waals surface area contributed by atoms with Crippen molar-refractivity contribution in [2.24, 2.45) is 0 Å². The van der Waals surface area contributed by atoms with E-state index in [1.165, 1.54) is 0 Å². The Morgan fingerprint density at radius 3 is 2.58 bits per heavy atom. The van der Waals surface area contributed by atoms with Crippen LogP contribution < -0.4 is 25.7 Å². The van der Waals surface area contributed by atoms with Gasteiger partial charge in [-0.1, -0.05) is 23.4 Å². The predicted molar refractivity (Wildman–Crippen MR) is 170 cm³/mol. The average Bonchev–Trinajstić information content (AvgIpc) is 3.54. The minimum absolute atomic E-state index is 0.134. The van der Waals surface area contributed by atoms with Gasteiger partial charge in [0.05, 0.1) is 24.1 Å². The number of piperidine rings is 1. The number of pyridine rings is 2. The summed E-state index contributed by atoms with van der Waals surface area (Å²) in [6, 6.07) is 20.6. The number of hydrogen-bond donors (Lipinski definition) is 2. The predicted octanol–water partition coefficient (Wildman–Crippen LogP) is 4.79. The molecule has 0 amide bonds. The van der Waals surface area contributed by atoms with Crippen molar-refractivity contribution in [1.82, 2.24) is 39.8 Å². The molecule has 5 heterocycles. The molecule has 0 spiro atoms. The van der Waals surface area contributed by atoms with Gasteiger partial charge in [-0.05, 0) is 86.9 Å². The number of fused-ring (bicyclic) bond motifs is 1. The fourth-order valence-electron chi connectivity index (χ4n) is 5.28. The lowest BCUT2D eigenvalue weighted by Crippen LogP contribution is -2.34. The van der Waals surface area contributed by atoms with Crippen LogP contribution in [0.5, 0.6) is 17.2 Å². The normalized spacial score (nSPS) is 13.5. The van der Waals surface area contributed by atoms with E-state index in [0.717, 1.165) is 48.6 Å². The summed E-state index contributed by atoms with van der Waals surface area (Å²) < 4.78 is 15.5. The van der Waals surface area contributed by atoms with Gasteiger partial charge in [-0.15, -0.1) is 5.10 Å². The third-order valence-electron chi connectivity index (χ3n) is 7.65. The van der Waals surface area contributed by atoms with Crippen LogP contribution in [0.25, 0.3) is 16.7 Å². The minimum atomic E-state index is -0.350. The lowest BCUT2D eigenvalue weighted by atomic mass is 10.1. The number of rotatable bonds is 9. The van der Waals surface area contributed by atoms with Crippen LogP contribution >= 0.6 is 0 Å². The molecule has 7 rings (SSSR count). The van der Waals surface area contributed by atoms with Gasteiger partial charge < -0.3 is 20.1 Å². The van der Waals surface area contributed by atoms with Gasteiger partial charge in [-0.25, -0.2) is 9.67 Å². The molecule has 2 aromatic carbocycles. The van der Waals surface area contributed by atoms with Gasteiger partial charge in [0.2, 0.25) is 5.95 Å². The van der Waals surface area contributed by atoms with Crippen molar-refractivity contribution in [2.75, 3.05) is 18.4 Å². The molecule has 1 fully saturated rings. The van der Waals surface area contributed by atoms with Crippen LogP contribution in [0.2, 0.25) is 0 Å². The number of nitrogens with zero attached hydrogens (tertiary/aromatic N) is 7. The van der Waals surface area contributed by atoms with Crippen molar-refractivity contribution in [3.63, 3.8) is 0 Å². The summed E-state index contributed by atoms with van der Waals surface area (Å²) in [5.74, 6) is 1.92. The van der Waals surface area contributed by atoms with Crippen LogP contribution in [-0.4, -0.2) is 53.7 Å². The number of aryl methyl sites for hydroxylation is 1. The van der Waals surface area contributed by atoms with E-state index in [1.807, 2.05) is 67.6 Å². The Labute approximate surface area is 258 Å². The molecule has 0 atom stereocenters. The fraction of sp³-hybridized carbons (Fsp3) is 0.212. The van der Waals surface area contributed by atoms with E-state index < -0.39 is 0 Å². The zero-order chi connectivity index (χ0) is 30.6. The largest absolute Gasteiger partial charge is 0.490 e. The highest BCUT2D eigenvalue weighted by Gasteiger charge is 2.18. The van der Waals surface area contributed by atoms with E-state index in [2.05, 4.69) is 30.9 Å². The van der Waals surface area contributed by atoms with Crippen molar-refractivity contribution < 1.29 is 9.47 Å². The molecule has 1 saturated heterocycles. The Balaban J connectivity index is 1.23. The molecule has 4 aromatic heterocycles. The van der Waals surface area contributed by atoms with Gasteiger partial charge in [0.1, 0.15) is 23.3 Å². The Morgan fingerprint density at radius 1 is 0.978 bits per heavy atom. The Kier molecular flexibility index (Phi) is 7.85. The zero-order valence-electron chi connectivity index (χ0n) is 24.6.